The van der Waals surface area contributed by atoms with Crippen molar-refractivity contribution in [1.82, 2.24) is 29.1 Å². The minimum absolute atomic E-state index is 0.559. The van der Waals surface area contributed by atoms with Gasteiger partial charge in [0.15, 0.2) is 28.5 Å². The van der Waals surface area contributed by atoms with Gasteiger partial charge in [0, 0.05) is 55.2 Å². The first kappa shape index (κ1) is 52.8. The molecule has 0 amide bonds. The van der Waals surface area contributed by atoms with E-state index in [-0.39, 0.29) is 0 Å². The molecule has 0 radical (unpaired) electrons. The number of aryl methyl sites for hydroxylation is 1. The van der Waals surface area contributed by atoms with Crippen molar-refractivity contribution in [2.45, 2.75) is 6.92 Å². The number of aromatic nitrogens is 6. The summed E-state index contributed by atoms with van der Waals surface area (Å²) in [4.78, 5) is 24.3. The molecule has 0 fully saturated rings. The van der Waals surface area contributed by atoms with E-state index in [9.17, 15) is 0 Å². The van der Waals surface area contributed by atoms with Crippen molar-refractivity contribution in [3.8, 4) is 78.9 Å². The third-order valence-electron chi connectivity index (χ3n) is 17.3. The molecule has 6 heterocycles. The molecule has 0 aliphatic heterocycles. The van der Waals surface area contributed by atoms with Crippen molar-refractivity contribution < 1.29 is 8.83 Å². The maximum atomic E-state index is 8.04. The second-order valence-corrected chi connectivity index (χ2v) is 22.8. The summed E-state index contributed by atoms with van der Waals surface area (Å²) in [7, 11) is 0. The van der Waals surface area contributed by atoms with Crippen LogP contribution in [0, 0.1) is 13.5 Å². The van der Waals surface area contributed by atoms with E-state index in [1.807, 2.05) is 109 Å². The van der Waals surface area contributed by atoms with E-state index in [0.29, 0.717) is 28.5 Å². The topological polar surface area (TPSA) is 92.1 Å². The van der Waals surface area contributed by atoms with Crippen LogP contribution >= 0.6 is 0 Å². The number of hydrogen-bond donors (Lipinski definition) is 0. The minimum atomic E-state index is 0.559. The molecule has 0 saturated heterocycles. The van der Waals surface area contributed by atoms with Gasteiger partial charge < -0.3 is 18.0 Å². The highest BCUT2D eigenvalue weighted by molar-refractivity contribution is 6.16. The molecule has 9 heteroatoms. The lowest BCUT2D eigenvalue weighted by Crippen LogP contribution is -1.95. The third kappa shape index (κ3) is 9.00. The van der Waals surface area contributed by atoms with Crippen molar-refractivity contribution in [2.75, 3.05) is 0 Å². The number of fused-ring (bicyclic) bond motifs is 12. The molecule has 0 aliphatic rings. The van der Waals surface area contributed by atoms with Crippen LogP contribution in [0.1, 0.15) is 5.56 Å². The molecule has 426 valence electrons. The number of para-hydroxylation sites is 4. The molecule has 91 heavy (non-hydrogen) atoms. The molecule has 0 bridgehead atoms. The Balaban J connectivity index is 0.000000140. The van der Waals surface area contributed by atoms with Gasteiger partial charge >= 0.3 is 0 Å². The fraction of sp³-hybridized carbons (Fsp3) is 0.0122. The number of rotatable bonds is 8. The van der Waals surface area contributed by atoms with E-state index >= 15 is 0 Å². The van der Waals surface area contributed by atoms with Gasteiger partial charge in [0.25, 0.3) is 0 Å². The monoisotopic (exact) mass is 1170 g/mol. The van der Waals surface area contributed by atoms with Crippen molar-refractivity contribution in [2.24, 2.45) is 0 Å². The van der Waals surface area contributed by atoms with Crippen LogP contribution in [0.2, 0.25) is 0 Å². The molecule has 18 rings (SSSR count). The maximum Gasteiger partial charge on any atom is 0.189 e. The lowest BCUT2D eigenvalue weighted by Gasteiger charge is -2.12. The lowest BCUT2D eigenvalue weighted by atomic mass is 9.99. The van der Waals surface area contributed by atoms with Gasteiger partial charge in [-0.1, -0.05) is 230 Å². The van der Waals surface area contributed by atoms with Gasteiger partial charge in [0.1, 0.15) is 33.6 Å². The zero-order valence-corrected chi connectivity index (χ0v) is 49.2. The fourth-order valence-electron chi connectivity index (χ4n) is 13.1. The summed E-state index contributed by atoms with van der Waals surface area (Å²) >= 11 is 0. The highest BCUT2D eigenvalue weighted by atomic mass is 16.3. The standard InChI is InChI=1S/C41H24N4O.C41H27N3O/c1-42-29-23-28(24-30(25-29)45-34-20-10-8-17-32(34)33-18-9-11-21-35(33)45)31-19-12-22-36-37(31)39-40(46-36)38(26-13-4-2-5-14-26)43-41(44-39)27-15-6-3-7-16-27;1-26-21-23-27(24-22-26)38-40-39(43-41(42-38)28-11-3-2-4-12-28)37-31(17-10-20-36(37)45-40)29-13-9-14-30(25-29)44-34-18-7-5-15-32(34)33-16-6-8-19-35(33)44/h2-25H;2-25H,1H3. The second-order valence-electron chi connectivity index (χ2n) is 22.8. The summed E-state index contributed by atoms with van der Waals surface area (Å²) in [6.45, 7) is 10.1. The summed E-state index contributed by atoms with van der Waals surface area (Å²) in [5.41, 5.74) is 22.2. The smallest absolute Gasteiger partial charge is 0.189 e. The third-order valence-corrected chi connectivity index (χ3v) is 17.3. The first-order valence-electron chi connectivity index (χ1n) is 30.3. The molecule has 0 atom stereocenters. The molecule has 12 aromatic carbocycles. The predicted molar refractivity (Wildman–Crippen MR) is 371 cm³/mol. The van der Waals surface area contributed by atoms with Crippen molar-refractivity contribution in [3.05, 3.63) is 308 Å². The molecular weight excluding hydrogens is 1110 g/mol. The summed E-state index contributed by atoms with van der Waals surface area (Å²) in [6.07, 6.45) is 0. The minimum Gasteiger partial charge on any atom is -0.452 e. The van der Waals surface area contributed by atoms with Gasteiger partial charge in [0.05, 0.1) is 39.4 Å². The van der Waals surface area contributed by atoms with E-state index in [1.165, 1.54) is 38.1 Å². The Morgan fingerprint density at radius 3 is 1.21 bits per heavy atom. The number of benzene rings is 12. The van der Waals surface area contributed by atoms with Gasteiger partial charge in [-0.05, 0) is 95.9 Å². The molecule has 0 unspecified atom stereocenters. The number of hydrogen-bond acceptors (Lipinski definition) is 6. The van der Waals surface area contributed by atoms with Crippen LogP contribution in [-0.2, 0) is 0 Å². The van der Waals surface area contributed by atoms with E-state index in [2.05, 4.69) is 203 Å². The maximum absolute atomic E-state index is 8.04. The van der Waals surface area contributed by atoms with E-state index < -0.39 is 0 Å². The molecule has 6 aromatic heterocycles. The zero-order valence-electron chi connectivity index (χ0n) is 49.2. The normalized spacial score (nSPS) is 11.6. The molecule has 0 N–H and O–H groups in total. The van der Waals surface area contributed by atoms with Gasteiger partial charge in [-0.15, -0.1) is 0 Å². The summed E-state index contributed by atoms with van der Waals surface area (Å²) in [6, 6.07) is 99.9. The molecule has 0 aliphatic carbocycles. The van der Waals surface area contributed by atoms with Crippen LogP contribution in [-0.4, -0.2) is 29.1 Å². The van der Waals surface area contributed by atoms with Crippen LogP contribution in [0.25, 0.3) is 172 Å². The van der Waals surface area contributed by atoms with Gasteiger partial charge in [-0.25, -0.2) is 24.8 Å². The van der Waals surface area contributed by atoms with Crippen molar-refractivity contribution in [1.29, 1.82) is 0 Å². The van der Waals surface area contributed by atoms with Crippen LogP contribution in [0.4, 0.5) is 5.69 Å². The Kier molecular flexibility index (Phi) is 12.6. The highest BCUT2D eigenvalue weighted by Gasteiger charge is 2.24. The van der Waals surface area contributed by atoms with Crippen molar-refractivity contribution >= 4 is 93.4 Å². The van der Waals surface area contributed by atoms with E-state index in [4.69, 9.17) is 35.3 Å². The molecule has 18 aromatic rings. The highest BCUT2D eigenvalue weighted by Crippen LogP contribution is 2.45. The Morgan fingerprint density at radius 1 is 0.330 bits per heavy atom. The Morgan fingerprint density at radius 2 is 0.725 bits per heavy atom. The van der Waals surface area contributed by atoms with Crippen LogP contribution in [0.3, 0.4) is 0 Å². The predicted octanol–water partition coefficient (Wildman–Crippen LogP) is 21.8. The average Bonchev–Trinajstić information content (AvgIpc) is 1.70. The first-order valence-corrected chi connectivity index (χ1v) is 30.3. The quantitative estimate of drug-likeness (QED) is 0.141. The number of furan rings is 2. The lowest BCUT2D eigenvalue weighted by molar-refractivity contribution is 0.667. The largest absolute Gasteiger partial charge is 0.452 e. The van der Waals surface area contributed by atoms with Crippen LogP contribution in [0.15, 0.2) is 300 Å². The van der Waals surface area contributed by atoms with Crippen molar-refractivity contribution in [3.63, 3.8) is 0 Å². The Labute approximate surface area is 522 Å². The molecule has 0 saturated carbocycles. The summed E-state index contributed by atoms with van der Waals surface area (Å²) < 4.78 is 17.8. The average molecular weight is 1170 g/mol. The summed E-state index contributed by atoms with van der Waals surface area (Å²) in [5.74, 6) is 1.31. The van der Waals surface area contributed by atoms with Crippen LogP contribution in [0.5, 0.6) is 0 Å². The second kappa shape index (κ2) is 21.7. The molecule has 0 spiro atoms. The molecular formula is C82H51N7O2. The zero-order chi connectivity index (χ0) is 60.5. The first-order chi connectivity index (χ1) is 45.0. The summed E-state index contributed by atoms with van der Waals surface area (Å²) in [5, 5.41) is 6.72. The van der Waals surface area contributed by atoms with Crippen LogP contribution < -0.4 is 0 Å². The van der Waals surface area contributed by atoms with Gasteiger partial charge in [-0.2, -0.15) is 0 Å². The van der Waals surface area contributed by atoms with E-state index in [0.717, 1.165) is 111 Å². The number of nitrogens with zero attached hydrogens (tertiary/aromatic N) is 7. The fourth-order valence-corrected chi connectivity index (χ4v) is 13.1. The Hall–Kier alpha value is -12.5. The van der Waals surface area contributed by atoms with Gasteiger partial charge in [-0.3, -0.25) is 0 Å². The molecule has 9 nitrogen and oxygen atoms in total. The SMILES string of the molecule is Cc1ccc(-c2nc(-c3ccccc3)nc3c2oc2cccc(-c4cccc(-n5c6ccccc6c6ccccc65)c4)c23)cc1.[C-]#[N+]c1cc(-c2cccc3oc4c(-c5ccccc5)nc(-c5ccccc5)nc4c23)cc(-n2c3ccccc3c3ccccc32)c1. The van der Waals surface area contributed by atoms with Gasteiger partial charge in [0.2, 0.25) is 0 Å². The Bertz CT molecular complexity index is 5810. The van der Waals surface area contributed by atoms with E-state index in [1.54, 1.807) is 0 Å².